The lowest BCUT2D eigenvalue weighted by Crippen LogP contribution is -2.49. The van der Waals surface area contributed by atoms with Crippen molar-refractivity contribution in [2.75, 3.05) is 39.3 Å². The van der Waals surface area contributed by atoms with Gasteiger partial charge in [-0.3, -0.25) is 14.5 Å². The predicted octanol–water partition coefficient (Wildman–Crippen LogP) is 2.24. The third kappa shape index (κ3) is 3.50. The highest BCUT2D eigenvalue weighted by atomic mass is 16.3. The number of amides is 1. The Kier molecular flexibility index (Phi) is 5.19. The van der Waals surface area contributed by atoms with Gasteiger partial charge in [-0.05, 0) is 48.1 Å². The van der Waals surface area contributed by atoms with Crippen LogP contribution in [0.25, 0.3) is 33.3 Å². The van der Waals surface area contributed by atoms with Crippen LogP contribution in [0.2, 0.25) is 0 Å². The van der Waals surface area contributed by atoms with E-state index in [1.807, 2.05) is 39.8 Å². The maximum Gasteiger partial charge on any atom is 0.262 e. The molecule has 0 spiro atoms. The van der Waals surface area contributed by atoms with Crippen LogP contribution < -0.4 is 5.56 Å². The average Bonchev–Trinajstić information content (AvgIpc) is 3.29. The number of β-amino-alcohol motifs (C(OH)–C–C–N with tert-alkyl or cyclic N) is 1. The highest BCUT2D eigenvalue weighted by Crippen LogP contribution is 2.27. The van der Waals surface area contributed by atoms with Gasteiger partial charge in [-0.2, -0.15) is 0 Å². The minimum atomic E-state index is -0.0317. The summed E-state index contributed by atoms with van der Waals surface area (Å²) in [6.07, 6.45) is 1.95. The van der Waals surface area contributed by atoms with E-state index in [1.165, 1.54) is 5.56 Å². The van der Waals surface area contributed by atoms with E-state index in [0.717, 1.165) is 47.9 Å². The van der Waals surface area contributed by atoms with Crippen molar-refractivity contribution in [2.24, 2.45) is 0 Å². The number of nitrogens with zero attached hydrogens (tertiary/aromatic N) is 4. The van der Waals surface area contributed by atoms with E-state index in [2.05, 4.69) is 20.9 Å². The van der Waals surface area contributed by atoms with Gasteiger partial charge < -0.3 is 19.6 Å². The maximum atomic E-state index is 13.4. The van der Waals surface area contributed by atoms with Crippen molar-refractivity contribution in [3.63, 3.8) is 0 Å². The van der Waals surface area contributed by atoms with E-state index in [-0.39, 0.29) is 18.1 Å². The molecule has 2 aliphatic heterocycles. The average molecular weight is 458 g/mol. The van der Waals surface area contributed by atoms with E-state index in [4.69, 9.17) is 5.11 Å². The molecule has 34 heavy (non-hydrogen) atoms. The van der Waals surface area contributed by atoms with Gasteiger partial charge in [0.25, 0.3) is 11.5 Å². The Morgan fingerprint density at radius 1 is 1.06 bits per heavy atom. The monoisotopic (exact) mass is 457 g/mol. The number of carbonyl (C=O) groups is 1. The number of pyridine rings is 1. The van der Waals surface area contributed by atoms with Crippen LogP contribution >= 0.6 is 0 Å². The second-order valence-electron chi connectivity index (χ2n) is 9.15. The number of carbonyl (C=O) groups excluding carboxylic acids is 1. The lowest BCUT2D eigenvalue weighted by molar-refractivity contribution is 0.0615. The fourth-order valence-corrected chi connectivity index (χ4v) is 5.30. The van der Waals surface area contributed by atoms with Crippen molar-refractivity contribution < 1.29 is 9.90 Å². The minimum absolute atomic E-state index is 0.00979. The number of piperazine rings is 1. The van der Waals surface area contributed by atoms with Gasteiger partial charge in [0.2, 0.25) is 0 Å². The molecule has 2 N–H and O–H groups in total. The van der Waals surface area contributed by atoms with Crippen molar-refractivity contribution in [3.8, 4) is 11.4 Å². The van der Waals surface area contributed by atoms with Crippen LogP contribution in [0.4, 0.5) is 0 Å². The molecular formula is C26H27N5O3. The molecule has 1 saturated heterocycles. The van der Waals surface area contributed by atoms with Crippen molar-refractivity contribution in [3.05, 3.63) is 63.9 Å². The summed E-state index contributed by atoms with van der Waals surface area (Å²) >= 11 is 0. The molecule has 0 bridgehead atoms. The predicted molar refractivity (Wildman–Crippen MR) is 131 cm³/mol. The largest absolute Gasteiger partial charge is 0.395 e. The fraction of sp³-hybridized carbons (Fsp3) is 0.346. The molecule has 0 radical (unpaired) electrons. The number of hydrogen-bond acceptors (Lipinski definition) is 5. The van der Waals surface area contributed by atoms with E-state index >= 15 is 0 Å². The van der Waals surface area contributed by atoms with Gasteiger partial charge in [-0.15, -0.1) is 0 Å². The molecule has 2 aliphatic rings. The number of para-hydroxylation sites is 1. The van der Waals surface area contributed by atoms with Gasteiger partial charge in [0.1, 0.15) is 5.82 Å². The molecule has 0 unspecified atom stereocenters. The highest BCUT2D eigenvalue weighted by molar-refractivity contribution is 5.98. The van der Waals surface area contributed by atoms with Gasteiger partial charge in [0.15, 0.2) is 0 Å². The Bertz CT molecular complexity index is 1460. The molecule has 2 aromatic carbocycles. The summed E-state index contributed by atoms with van der Waals surface area (Å²) in [6, 6.07) is 13.6. The summed E-state index contributed by atoms with van der Waals surface area (Å²) in [5.41, 5.74) is 4.85. The molecule has 4 aromatic rings. The second-order valence-corrected chi connectivity index (χ2v) is 9.15. The molecule has 8 heteroatoms. The normalized spacial score (nSPS) is 16.4. The lowest BCUT2D eigenvalue weighted by Gasteiger charge is -2.34. The molecule has 2 aromatic heterocycles. The van der Waals surface area contributed by atoms with Gasteiger partial charge in [-0.25, -0.2) is 4.98 Å². The zero-order chi connectivity index (χ0) is 23.2. The van der Waals surface area contributed by atoms with Crippen LogP contribution in [-0.2, 0) is 13.0 Å². The van der Waals surface area contributed by atoms with E-state index in [0.29, 0.717) is 43.1 Å². The SMILES string of the molecule is O=C(c1ccc2nc(-c3cc4cccc5c4n(c3=O)CCC5)[nH]c2c1)N1CCN(CCO)CC1. The van der Waals surface area contributed by atoms with Gasteiger partial charge in [0, 0.05) is 44.8 Å². The number of aromatic nitrogens is 3. The molecular weight excluding hydrogens is 430 g/mol. The number of imidazole rings is 1. The van der Waals surface area contributed by atoms with Crippen LogP contribution in [0.15, 0.2) is 47.3 Å². The fourth-order valence-electron chi connectivity index (χ4n) is 5.30. The zero-order valence-corrected chi connectivity index (χ0v) is 19.0. The van der Waals surface area contributed by atoms with Crippen LogP contribution in [0.3, 0.4) is 0 Å². The third-order valence-electron chi connectivity index (χ3n) is 7.08. The molecule has 0 aliphatic carbocycles. The van der Waals surface area contributed by atoms with Crippen LogP contribution in [0.1, 0.15) is 22.3 Å². The summed E-state index contributed by atoms with van der Waals surface area (Å²) in [6.45, 7) is 4.30. The van der Waals surface area contributed by atoms with Crippen molar-refractivity contribution in [1.29, 1.82) is 0 Å². The first-order chi connectivity index (χ1) is 16.6. The van der Waals surface area contributed by atoms with Crippen molar-refractivity contribution in [1.82, 2.24) is 24.3 Å². The Balaban J connectivity index is 1.33. The van der Waals surface area contributed by atoms with Crippen LogP contribution in [0, 0.1) is 0 Å². The number of H-pyrrole nitrogens is 1. The molecule has 174 valence electrons. The summed E-state index contributed by atoms with van der Waals surface area (Å²) < 4.78 is 1.88. The Hall–Kier alpha value is -3.49. The zero-order valence-electron chi connectivity index (χ0n) is 19.0. The second kappa shape index (κ2) is 8.38. The van der Waals surface area contributed by atoms with Gasteiger partial charge in [-0.1, -0.05) is 18.2 Å². The number of aryl methyl sites for hydroxylation is 2. The van der Waals surface area contributed by atoms with E-state index in [1.54, 1.807) is 6.07 Å². The number of aromatic amines is 1. The maximum absolute atomic E-state index is 13.4. The molecule has 1 fully saturated rings. The smallest absolute Gasteiger partial charge is 0.262 e. The number of fused-ring (bicyclic) bond motifs is 1. The summed E-state index contributed by atoms with van der Waals surface area (Å²) in [5, 5.41) is 10.2. The number of rotatable bonds is 4. The summed E-state index contributed by atoms with van der Waals surface area (Å²) in [7, 11) is 0. The number of benzene rings is 2. The third-order valence-corrected chi connectivity index (χ3v) is 7.08. The molecule has 0 saturated carbocycles. The van der Waals surface area contributed by atoms with Gasteiger partial charge in [0.05, 0.1) is 28.7 Å². The number of nitrogens with one attached hydrogen (secondary N) is 1. The molecule has 1 amide bonds. The number of aliphatic hydroxyl groups is 1. The van der Waals surface area contributed by atoms with Crippen molar-refractivity contribution in [2.45, 2.75) is 19.4 Å². The minimum Gasteiger partial charge on any atom is -0.395 e. The van der Waals surface area contributed by atoms with Crippen LogP contribution in [0.5, 0.6) is 0 Å². The quantitative estimate of drug-likeness (QED) is 0.490. The van der Waals surface area contributed by atoms with Crippen LogP contribution in [-0.4, -0.2) is 74.7 Å². The molecule has 6 rings (SSSR count). The van der Waals surface area contributed by atoms with Crippen molar-refractivity contribution >= 4 is 27.8 Å². The highest BCUT2D eigenvalue weighted by Gasteiger charge is 2.23. The standard InChI is InChI=1S/C26H27N5O3/c32-14-13-29-9-11-30(12-10-29)25(33)19-6-7-21-22(16-19)28-24(27-21)20-15-18-4-1-3-17-5-2-8-31(23(17)18)26(20)34/h1,3-4,6-7,15-16,32H,2,5,8-14H2,(H,27,28). The lowest BCUT2D eigenvalue weighted by atomic mass is 10.00. The molecule has 4 heterocycles. The topological polar surface area (TPSA) is 94.5 Å². The first kappa shape index (κ1) is 21.1. The van der Waals surface area contributed by atoms with E-state index < -0.39 is 0 Å². The first-order valence-corrected chi connectivity index (χ1v) is 11.9. The Morgan fingerprint density at radius 3 is 2.74 bits per heavy atom. The summed E-state index contributed by atoms with van der Waals surface area (Å²) in [5.74, 6) is 0.522. The van der Waals surface area contributed by atoms with Gasteiger partial charge >= 0.3 is 0 Å². The molecule has 0 atom stereocenters. The first-order valence-electron chi connectivity index (χ1n) is 11.9. The van der Waals surface area contributed by atoms with E-state index in [9.17, 15) is 9.59 Å². The number of hydrogen-bond donors (Lipinski definition) is 2. The Morgan fingerprint density at radius 2 is 1.91 bits per heavy atom. The summed E-state index contributed by atoms with van der Waals surface area (Å²) in [4.78, 5) is 38.4. The number of aliphatic hydroxyl groups excluding tert-OH is 1. The molecule has 8 nitrogen and oxygen atoms in total. The Labute approximate surface area is 196 Å².